The molecule has 1 amide bonds. The van der Waals surface area contributed by atoms with Crippen molar-refractivity contribution in [2.24, 2.45) is 11.7 Å². The number of nitrogens with zero attached hydrogens (tertiary/aromatic N) is 1. The fourth-order valence-electron chi connectivity index (χ4n) is 3.10. The van der Waals surface area contributed by atoms with E-state index < -0.39 is 5.54 Å². The third-order valence-electron chi connectivity index (χ3n) is 4.38. The van der Waals surface area contributed by atoms with Crippen molar-refractivity contribution in [3.8, 4) is 0 Å². The first-order valence-electron chi connectivity index (χ1n) is 7.57. The van der Waals surface area contributed by atoms with Crippen molar-refractivity contribution in [1.82, 2.24) is 10.3 Å². The van der Waals surface area contributed by atoms with Crippen LogP contribution in [0.15, 0.2) is 18.2 Å². The first-order valence-corrected chi connectivity index (χ1v) is 8.77. The Labute approximate surface area is 151 Å². The van der Waals surface area contributed by atoms with Gasteiger partial charge in [0, 0.05) is 10.6 Å². The Hall–Kier alpha value is -0.880. The summed E-state index contributed by atoms with van der Waals surface area (Å²) >= 11 is 7.55. The van der Waals surface area contributed by atoms with Gasteiger partial charge in [0.2, 0.25) is 5.91 Å². The Morgan fingerprint density at radius 2 is 2.30 bits per heavy atom. The van der Waals surface area contributed by atoms with Gasteiger partial charge >= 0.3 is 0 Å². The number of carbonyl (C=O) groups excluding carboxylic acids is 1. The molecule has 0 aliphatic heterocycles. The first kappa shape index (κ1) is 18.5. The van der Waals surface area contributed by atoms with E-state index in [1.165, 1.54) is 0 Å². The fourth-order valence-corrected chi connectivity index (χ4v) is 4.15. The van der Waals surface area contributed by atoms with E-state index in [2.05, 4.69) is 10.3 Å². The molecule has 0 saturated heterocycles. The number of carbonyl (C=O) groups is 1. The Kier molecular flexibility index (Phi) is 5.89. The largest absolute Gasteiger partial charge is 0.349 e. The molecule has 2 unspecified atom stereocenters. The van der Waals surface area contributed by atoms with Crippen LogP contribution in [0.2, 0.25) is 5.02 Å². The van der Waals surface area contributed by atoms with Crippen LogP contribution in [-0.4, -0.2) is 16.4 Å². The van der Waals surface area contributed by atoms with Gasteiger partial charge in [-0.1, -0.05) is 24.4 Å². The van der Waals surface area contributed by atoms with Crippen LogP contribution in [-0.2, 0) is 11.3 Å². The van der Waals surface area contributed by atoms with Crippen molar-refractivity contribution in [3.05, 3.63) is 28.2 Å². The monoisotopic (exact) mass is 373 g/mol. The molecule has 4 nitrogen and oxygen atoms in total. The second-order valence-corrected chi connectivity index (χ2v) is 7.79. The Bertz CT molecular complexity index is 702. The number of hydrogen-bond acceptors (Lipinski definition) is 4. The summed E-state index contributed by atoms with van der Waals surface area (Å²) in [5, 5.41) is 4.56. The van der Waals surface area contributed by atoms with Gasteiger partial charge in [-0.2, -0.15) is 0 Å². The van der Waals surface area contributed by atoms with Crippen LogP contribution in [0.3, 0.4) is 0 Å². The summed E-state index contributed by atoms with van der Waals surface area (Å²) in [4.78, 5) is 16.9. The van der Waals surface area contributed by atoms with Crippen LogP contribution in [0.25, 0.3) is 10.2 Å². The van der Waals surface area contributed by atoms with E-state index in [1.54, 1.807) is 11.3 Å². The normalized spacial score (nSPS) is 24.2. The Morgan fingerprint density at radius 1 is 1.52 bits per heavy atom. The number of aromatic nitrogens is 1. The second kappa shape index (κ2) is 7.34. The minimum absolute atomic E-state index is 0. The highest BCUT2D eigenvalue weighted by Crippen LogP contribution is 2.32. The number of fused-ring (bicyclic) bond motifs is 1. The molecule has 7 heteroatoms. The average Bonchev–Trinajstić information content (AvgIpc) is 2.86. The van der Waals surface area contributed by atoms with Gasteiger partial charge in [0.15, 0.2) is 0 Å². The summed E-state index contributed by atoms with van der Waals surface area (Å²) in [7, 11) is 0. The van der Waals surface area contributed by atoms with Gasteiger partial charge in [-0.05, 0) is 38.0 Å². The van der Waals surface area contributed by atoms with E-state index in [-0.39, 0.29) is 24.2 Å². The smallest absolute Gasteiger partial charge is 0.225 e. The molecule has 0 spiro atoms. The molecular formula is C16H21Cl2N3OS. The van der Waals surface area contributed by atoms with E-state index >= 15 is 0 Å². The third-order valence-corrected chi connectivity index (χ3v) is 5.65. The summed E-state index contributed by atoms with van der Waals surface area (Å²) in [6.45, 7) is 2.43. The lowest BCUT2D eigenvalue weighted by molar-refractivity contribution is -0.128. The summed E-state index contributed by atoms with van der Waals surface area (Å²) in [5.74, 6) is -0.0629. The lowest BCUT2D eigenvalue weighted by Crippen LogP contribution is -2.52. The molecule has 1 aliphatic rings. The van der Waals surface area contributed by atoms with E-state index in [0.717, 1.165) is 40.9 Å². The van der Waals surface area contributed by atoms with Crippen molar-refractivity contribution in [3.63, 3.8) is 0 Å². The number of hydrogen-bond donors (Lipinski definition) is 2. The molecule has 23 heavy (non-hydrogen) atoms. The number of halogens is 2. The molecule has 2 atom stereocenters. The van der Waals surface area contributed by atoms with Crippen LogP contribution >= 0.6 is 35.3 Å². The lowest BCUT2D eigenvalue weighted by Gasteiger charge is -2.37. The van der Waals surface area contributed by atoms with Crippen molar-refractivity contribution in [2.45, 2.75) is 44.7 Å². The van der Waals surface area contributed by atoms with Gasteiger partial charge in [-0.15, -0.1) is 23.7 Å². The predicted octanol–water partition coefficient (Wildman–Crippen LogP) is 3.90. The van der Waals surface area contributed by atoms with Gasteiger partial charge in [-0.25, -0.2) is 4.98 Å². The van der Waals surface area contributed by atoms with E-state index in [1.807, 2.05) is 25.1 Å². The number of benzene rings is 1. The minimum atomic E-state index is -0.399. The molecule has 3 N–H and O–H groups in total. The fraction of sp³-hybridized carbons (Fsp3) is 0.500. The van der Waals surface area contributed by atoms with Crippen molar-refractivity contribution < 1.29 is 4.79 Å². The Balaban J connectivity index is 0.00000192. The third kappa shape index (κ3) is 4.15. The highest BCUT2D eigenvalue weighted by molar-refractivity contribution is 7.18. The standard InChI is InChI=1S/C16H20ClN3OS.ClH/c1-16(18)7-3-2-4-11(16)15(21)19-9-14-20-12-8-10(17)5-6-13(12)22-14;/h5-6,8,11H,2-4,7,9,18H2,1H3,(H,19,21);1H. The maximum Gasteiger partial charge on any atom is 0.225 e. The van der Waals surface area contributed by atoms with Gasteiger partial charge in [0.1, 0.15) is 5.01 Å². The molecule has 3 rings (SSSR count). The molecule has 1 saturated carbocycles. The molecule has 2 aromatic rings. The maximum absolute atomic E-state index is 12.4. The molecular weight excluding hydrogens is 353 g/mol. The summed E-state index contributed by atoms with van der Waals surface area (Å²) in [6, 6.07) is 5.65. The zero-order valence-corrected chi connectivity index (χ0v) is 15.4. The lowest BCUT2D eigenvalue weighted by atomic mass is 9.74. The summed E-state index contributed by atoms with van der Waals surface area (Å²) in [6.07, 6.45) is 3.96. The topological polar surface area (TPSA) is 68.0 Å². The molecule has 1 aliphatic carbocycles. The highest BCUT2D eigenvalue weighted by atomic mass is 35.5. The van der Waals surface area contributed by atoms with Crippen molar-refractivity contribution in [2.75, 3.05) is 0 Å². The quantitative estimate of drug-likeness (QED) is 0.856. The van der Waals surface area contributed by atoms with Gasteiger partial charge in [0.25, 0.3) is 0 Å². The van der Waals surface area contributed by atoms with E-state index in [9.17, 15) is 4.79 Å². The molecule has 1 heterocycles. The van der Waals surface area contributed by atoms with E-state index in [0.29, 0.717) is 11.6 Å². The number of rotatable bonds is 3. The molecule has 126 valence electrons. The molecule has 1 fully saturated rings. The highest BCUT2D eigenvalue weighted by Gasteiger charge is 2.37. The molecule has 1 aromatic heterocycles. The summed E-state index contributed by atoms with van der Waals surface area (Å²) in [5.41, 5.74) is 6.76. The van der Waals surface area contributed by atoms with Crippen LogP contribution in [0.4, 0.5) is 0 Å². The van der Waals surface area contributed by atoms with E-state index in [4.69, 9.17) is 17.3 Å². The first-order chi connectivity index (χ1) is 10.5. The SMILES string of the molecule is CC1(N)CCCCC1C(=O)NCc1nc2cc(Cl)ccc2s1.Cl. The second-order valence-electron chi connectivity index (χ2n) is 6.24. The number of amides is 1. The zero-order chi connectivity index (χ0) is 15.7. The maximum atomic E-state index is 12.4. The van der Waals surface area contributed by atoms with Gasteiger partial charge in [-0.3, -0.25) is 4.79 Å². The number of nitrogens with two attached hydrogens (primary N) is 1. The van der Waals surface area contributed by atoms with Crippen molar-refractivity contribution in [1.29, 1.82) is 0 Å². The minimum Gasteiger partial charge on any atom is -0.349 e. The van der Waals surface area contributed by atoms with Gasteiger partial charge < -0.3 is 11.1 Å². The van der Waals surface area contributed by atoms with Crippen LogP contribution in [0.5, 0.6) is 0 Å². The van der Waals surface area contributed by atoms with Crippen molar-refractivity contribution >= 4 is 51.5 Å². The zero-order valence-electron chi connectivity index (χ0n) is 13.0. The Morgan fingerprint density at radius 3 is 3.04 bits per heavy atom. The molecule has 0 bridgehead atoms. The number of nitrogens with one attached hydrogen (secondary N) is 1. The van der Waals surface area contributed by atoms with Crippen LogP contribution in [0.1, 0.15) is 37.6 Å². The predicted molar refractivity (Wildman–Crippen MR) is 98.3 cm³/mol. The summed E-state index contributed by atoms with van der Waals surface area (Å²) < 4.78 is 1.08. The molecule has 0 radical (unpaired) electrons. The van der Waals surface area contributed by atoms with Crippen LogP contribution in [0, 0.1) is 5.92 Å². The van der Waals surface area contributed by atoms with Gasteiger partial charge in [0.05, 0.1) is 22.7 Å². The molecule has 1 aromatic carbocycles. The number of thiazole rings is 1. The van der Waals surface area contributed by atoms with Crippen LogP contribution < -0.4 is 11.1 Å². The average molecular weight is 374 g/mol.